The van der Waals surface area contributed by atoms with Gasteiger partial charge in [-0.25, -0.2) is 4.39 Å². The minimum absolute atomic E-state index is 0.0780. The van der Waals surface area contributed by atoms with Crippen LogP contribution in [0.25, 0.3) is 10.9 Å². The van der Waals surface area contributed by atoms with Crippen molar-refractivity contribution in [2.75, 3.05) is 0 Å². The van der Waals surface area contributed by atoms with Crippen LogP contribution < -0.4 is 10.1 Å². The van der Waals surface area contributed by atoms with Crippen LogP contribution in [0, 0.1) is 11.7 Å². The van der Waals surface area contributed by atoms with Crippen molar-refractivity contribution in [1.82, 2.24) is 15.1 Å². The number of amides is 1. The molecule has 0 bridgehead atoms. The van der Waals surface area contributed by atoms with Crippen molar-refractivity contribution in [3.05, 3.63) is 89.4 Å². The van der Waals surface area contributed by atoms with E-state index >= 15 is 0 Å². The van der Waals surface area contributed by atoms with Crippen LogP contribution in [0.3, 0.4) is 0 Å². The molecule has 0 spiro atoms. The Hall–Kier alpha value is -3.88. The zero-order valence-electron chi connectivity index (χ0n) is 19.1. The number of hydrogen-bond acceptors (Lipinski definition) is 3. The first-order valence-corrected chi connectivity index (χ1v) is 11.0. The molecule has 1 aromatic heterocycles. The van der Waals surface area contributed by atoms with Crippen molar-refractivity contribution in [1.29, 1.82) is 0 Å². The molecule has 5 nitrogen and oxygen atoms in total. The molecule has 4 rings (SSSR count). The molecule has 0 aliphatic carbocycles. The number of carbonyl (C=O) groups excluding carboxylic acids is 1. The summed E-state index contributed by atoms with van der Waals surface area (Å²) in [5, 5.41) is 7.75. The van der Waals surface area contributed by atoms with Gasteiger partial charge in [0.15, 0.2) is 11.6 Å². The smallest absolute Gasteiger partial charge is 0.416 e. The van der Waals surface area contributed by atoms with E-state index in [1.165, 1.54) is 18.2 Å². The van der Waals surface area contributed by atoms with E-state index in [0.29, 0.717) is 17.2 Å². The summed E-state index contributed by atoms with van der Waals surface area (Å²) in [7, 11) is 0. The molecule has 9 heteroatoms. The first-order chi connectivity index (χ1) is 16.6. The second-order valence-electron chi connectivity index (χ2n) is 8.53. The van der Waals surface area contributed by atoms with E-state index in [1.807, 2.05) is 10.7 Å². The number of rotatable bonds is 7. The molecule has 3 aromatic carbocycles. The van der Waals surface area contributed by atoms with Gasteiger partial charge < -0.3 is 10.1 Å². The van der Waals surface area contributed by atoms with Crippen LogP contribution in [0.1, 0.15) is 35.3 Å². The maximum Gasteiger partial charge on any atom is 0.416 e. The Morgan fingerprint density at radius 3 is 2.60 bits per heavy atom. The topological polar surface area (TPSA) is 56.1 Å². The zero-order valence-corrected chi connectivity index (χ0v) is 19.1. The normalized spacial score (nSPS) is 11.7. The predicted molar refractivity (Wildman–Crippen MR) is 124 cm³/mol. The van der Waals surface area contributed by atoms with Gasteiger partial charge in [0.25, 0.3) is 5.91 Å². The monoisotopic (exact) mass is 485 g/mol. The third-order valence-corrected chi connectivity index (χ3v) is 5.31. The standard InChI is InChI=1S/C26H23F4N3O2/c1-16(2)15-33-23-10-9-21(12-19(23)14-32-33)35-24-18(6-4-8-22(24)27)13-31-25(34)17-5-3-7-20(11-17)26(28,29)30/h3-12,14,16H,13,15H2,1-2H3,(H,31,34). The number of para-hydroxylation sites is 1. The Labute approximate surface area is 199 Å². The highest BCUT2D eigenvalue weighted by molar-refractivity contribution is 5.94. The molecule has 0 saturated heterocycles. The highest BCUT2D eigenvalue weighted by atomic mass is 19.4. The molecule has 1 amide bonds. The number of alkyl halides is 3. The molecule has 0 atom stereocenters. The third kappa shape index (κ3) is 5.62. The predicted octanol–water partition coefficient (Wildman–Crippen LogP) is 6.57. The molecule has 0 aliphatic rings. The Morgan fingerprint density at radius 1 is 1.09 bits per heavy atom. The maximum absolute atomic E-state index is 14.6. The fourth-order valence-electron chi connectivity index (χ4n) is 3.66. The zero-order chi connectivity index (χ0) is 25.2. The number of fused-ring (bicyclic) bond motifs is 1. The molecule has 182 valence electrons. The Bertz CT molecular complexity index is 1360. The van der Waals surface area contributed by atoms with Crippen molar-refractivity contribution in [2.24, 2.45) is 5.92 Å². The summed E-state index contributed by atoms with van der Waals surface area (Å²) >= 11 is 0. The van der Waals surface area contributed by atoms with Gasteiger partial charge in [-0.1, -0.05) is 32.0 Å². The fourth-order valence-corrected chi connectivity index (χ4v) is 3.66. The number of benzene rings is 3. The largest absolute Gasteiger partial charge is 0.454 e. The molecule has 0 saturated carbocycles. The molecule has 1 N–H and O–H groups in total. The molecular weight excluding hydrogens is 462 g/mol. The lowest BCUT2D eigenvalue weighted by molar-refractivity contribution is -0.137. The molecule has 0 fully saturated rings. The average Bonchev–Trinajstić information content (AvgIpc) is 3.20. The van der Waals surface area contributed by atoms with Crippen LogP contribution in [0.2, 0.25) is 0 Å². The van der Waals surface area contributed by atoms with Crippen molar-refractivity contribution in [2.45, 2.75) is 33.1 Å². The maximum atomic E-state index is 14.6. The van der Waals surface area contributed by atoms with Crippen LogP contribution in [0.4, 0.5) is 17.6 Å². The van der Waals surface area contributed by atoms with Gasteiger partial charge in [-0.15, -0.1) is 0 Å². The summed E-state index contributed by atoms with van der Waals surface area (Å²) in [6.45, 7) is 4.80. The van der Waals surface area contributed by atoms with Gasteiger partial charge in [0, 0.05) is 29.6 Å². The lowest BCUT2D eigenvalue weighted by atomic mass is 10.1. The fraction of sp³-hybridized carbons (Fsp3) is 0.231. The number of halogens is 4. The number of ether oxygens (including phenoxy) is 1. The lowest BCUT2D eigenvalue weighted by Gasteiger charge is -2.14. The van der Waals surface area contributed by atoms with Crippen LogP contribution in [0.5, 0.6) is 11.5 Å². The first kappa shape index (κ1) is 24.3. The summed E-state index contributed by atoms with van der Waals surface area (Å²) in [5.41, 5.74) is 0.184. The van der Waals surface area contributed by atoms with Gasteiger partial charge in [-0.2, -0.15) is 18.3 Å². The second kappa shape index (κ2) is 9.77. The van der Waals surface area contributed by atoms with E-state index < -0.39 is 23.5 Å². The van der Waals surface area contributed by atoms with E-state index in [2.05, 4.69) is 24.3 Å². The van der Waals surface area contributed by atoms with Gasteiger partial charge in [-0.05, 0) is 48.4 Å². The molecule has 1 heterocycles. The molecule has 0 radical (unpaired) electrons. The highest BCUT2D eigenvalue weighted by Gasteiger charge is 2.30. The van der Waals surface area contributed by atoms with Crippen molar-refractivity contribution in [3.63, 3.8) is 0 Å². The number of nitrogens with zero attached hydrogens (tertiary/aromatic N) is 2. The Balaban J connectivity index is 1.52. The SMILES string of the molecule is CC(C)Cn1ncc2cc(Oc3c(F)cccc3CNC(=O)c3cccc(C(F)(F)F)c3)ccc21. The minimum Gasteiger partial charge on any atom is -0.454 e. The summed E-state index contributed by atoms with van der Waals surface area (Å²) in [6.07, 6.45) is -2.85. The molecular formula is C26H23F4N3O2. The average molecular weight is 485 g/mol. The number of nitrogens with one attached hydrogen (secondary N) is 1. The minimum atomic E-state index is -4.56. The van der Waals surface area contributed by atoms with Gasteiger partial charge in [0.1, 0.15) is 5.75 Å². The van der Waals surface area contributed by atoms with Gasteiger partial charge >= 0.3 is 6.18 Å². The Morgan fingerprint density at radius 2 is 1.86 bits per heavy atom. The first-order valence-electron chi connectivity index (χ1n) is 11.0. The highest BCUT2D eigenvalue weighted by Crippen LogP contribution is 2.31. The van der Waals surface area contributed by atoms with Gasteiger partial charge in [-0.3, -0.25) is 9.48 Å². The van der Waals surface area contributed by atoms with E-state index in [1.54, 1.807) is 24.4 Å². The molecule has 35 heavy (non-hydrogen) atoms. The lowest BCUT2D eigenvalue weighted by Crippen LogP contribution is -2.23. The van der Waals surface area contributed by atoms with Crippen molar-refractivity contribution >= 4 is 16.8 Å². The second-order valence-corrected chi connectivity index (χ2v) is 8.53. The number of aromatic nitrogens is 2. The molecule has 4 aromatic rings. The molecule has 0 aliphatic heterocycles. The van der Waals surface area contributed by atoms with E-state index in [9.17, 15) is 22.4 Å². The van der Waals surface area contributed by atoms with Crippen LogP contribution >= 0.6 is 0 Å². The van der Waals surface area contributed by atoms with Crippen LogP contribution in [0.15, 0.2) is 66.9 Å². The van der Waals surface area contributed by atoms with Crippen LogP contribution in [-0.2, 0) is 19.3 Å². The van der Waals surface area contributed by atoms with E-state index in [0.717, 1.165) is 35.6 Å². The third-order valence-electron chi connectivity index (χ3n) is 5.31. The number of hydrogen-bond donors (Lipinski definition) is 1. The quantitative estimate of drug-likeness (QED) is 0.301. The van der Waals surface area contributed by atoms with Gasteiger partial charge in [0.2, 0.25) is 0 Å². The van der Waals surface area contributed by atoms with Crippen molar-refractivity contribution < 1.29 is 27.1 Å². The summed E-state index contributed by atoms with van der Waals surface area (Å²) in [6, 6.07) is 13.7. The number of carbonyl (C=O) groups is 1. The van der Waals surface area contributed by atoms with Crippen molar-refractivity contribution in [3.8, 4) is 11.5 Å². The summed E-state index contributed by atoms with van der Waals surface area (Å²) in [4.78, 5) is 12.5. The van der Waals surface area contributed by atoms with E-state index in [4.69, 9.17) is 4.74 Å². The van der Waals surface area contributed by atoms with Crippen LogP contribution in [-0.4, -0.2) is 15.7 Å². The van der Waals surface area contributed by atoms with E-state index in [-0.39, 0.29) is 17.9 Å². The summed E-state index contributed by atoms with van der Waals surface area (Å²) < 4.78 is 61.2. The molecule has 0 unspecified atom stereocenters. The summed E-state index contributed by atoms with van der Waals surface area (Å²) in [5.74, 6) is -0.624. The Kier molecular flexibility index (Phi) is 6.77. The van der Waals surface area contributed by atoms with Gasteiger partial charge in [0.05, 0.1) is 17.3 Å².